The fourth-order valence-corrected chi connectivity index (χ4v) is 6.43. The molecule has 0 spiro atoms. The van der Waals surface area contributed by atoms with Gasteiger partial charge in [0, 0.05) is 25.7 Å². The number of hydrogen-bond donors (Lipinski definition) is 4. The van der Waals surface area contributed by atoms with Crippen molar-refractivity contribution < 1.29 is 43.7 Å². The second kappa shape index (κ2) is 10.1. The summed E-state index contributed by atoms with van der Waals surface area (Å²) in [6.45, 7) is 3.35. The van der Waals surface area contributed by atoms with Crippen LogP contribution >= 0.6 is 0 Å². The first-order chi connectivity index (χ1) is 18.7. The fraction of sp³-hybridized carbons (Fsp3) is 0.481. The highest BCUT2D eigenvalue weighted by atomic mass is 16.5. The summed E-state index contributed by atoms with van der Waals surface area (Å²) in [5.41, 5.74) is 3.01. The molecular weight excluding hydrogens is 524 g/mol. The van der Waals surface area contributed by atoms with Crippen molar-refractivity contribution in [3.63, 3.8) is 0 Å². The normalized spacial score (nSPS) is 29.3. The van der Waals surface area contributed by atoms with Crippen molar-refractivity contribution in [2.24, 2.45) is 29.4 Å². The number of carbonyl (C=O) groups excluding carboxylic acids is 6. The molecule has 1 aromatic carbocycles. The number of fused-ring (bicyclic) bond motifs is 3. The number of ether oxygens (including phenoxy) is 1. The van der Waals surface area contributed by atoms with Crippen molar-refractivity contribution in [3.8, 4) is 5.75 Å². The number of rotatable bonds is 6. The van der Waals surface area contributed by atoms with Crippen LogP contribution in [0.15, 0.2) is 18.7 Å². The van der Waals surface area contributed by atoms with Crippen molar-refractivity contribution in [2.45, 2.75) is 24.5 Å². The van der Waals surface area contributed by atoms with Crippen LogP contribution in [0.4, 0.5) is 16.2 Å². The van der Waals surface area contributed by atoms with Gasteiger partial charge in [-0.05, 0) is 44.5 Å². The van der Waals surface area contributed by atoms with Crippen LogP contribution in [0.2, 0.25) is 0 Å². The Labute approximate surface area is 229 Å². The summed E-state index contributed by atoms with van der Waals surface area (Å²) in [7, 11) is 6.42. The molecule has 0 aromatic heterocycles. The number of nitrogens with zero attached hydrogens (tertiary/aromatic N) is 2. The zero-order valence-corrected chi connectivity index (χ0v) is 22.6. The molecule has 40 heavy (non-hydrogen) atoms. The van der Waals surface area contributed by atoms with E-state index in [1.54, 1.807) is 19.0 Å². The van der Waals surface area contributed by atoms with Crippen LogP contribution in [0.1, 0.15) is 22.3 Å². The lowest BCUT2D eigenvalue weighted by Crippen LogP contribution is -2.74. The van der Waals surface area contributed by atoms with E-state index >= 15 is 0 Å². The van der Waals surface area contributed by atoms with Gasteiger partial charge in [0.05, 0.1) is 23.2 Å². The SMILES string of the molecule is C=CCOC(=O)Nc1cc(N(C)C)c2c(c1O)C(=O)C1C(=O)[C@]3(O)C(=O)C(C(N)=O)C(=O)[C@@H](N(C)C)[C@@H]3C[C@@H]1C2. The summed E-state index contributed by atoms with van der Waals surface area (Å²) in [5, 5.41) is 25.1. The van der Waals surface area contributed by atoms with Crippen molar-refractivity contribution >= 4 is 46.5 Å². The van der Waals surface area contributed by atoms with E-state index in [1.165, 1.54) is 31.1 Å². The third-order valence-electron chi connectivity index (χ3n) is 8.09. The number of anilines is 2. The molecule has 0 aliphatic heterocycles. The minimum Gasteiger partial charge on any atom is -0.505 e. The Hall–Kier alpha value is -4.10. The van der Waals surface area contributed by atoms with Gasteiger partial charge in [0.25, 0.3) is 0 Å². The number of nitrogens with one attached hydrogen (secondary N) is 1. The first-order valence-electron chi connectivity index (χ1n) is 12.6. The number of likely N-dealkylation sites (N-methyl/N-ethyl adjacent to an activating group) is 1. The zero-order valence-electron chi connectivity index (χ0n) is 22.6. The van der Waals surface area contributed by atoms with Gasteiger partial charge < -0.3 is 25.6 Å². The standard InChI is InChI=1S/C27H32N4O9/c1-6-7-40-26(38)29-14-10-15(30(2)3)12-8-11-9-13-19(31(4)5)22(34)18(25(28)37)24(36)27(13,39)23(35)16(11)21(33)17(12)20(14)32/h6,10-11,13,16,18-19,32,39H,1,7-9H2,2-5H3,(H2,28,37)(H,29,38)/t11-,13-,16?,18?,19-,27-/m0/s1. The molecule has 4 rings (SSSR count). The van der Waals surface area contributed by atoms with Crippen molar-refractivity contribution in [1.82, 2.24) is 4.90 Å². The number of benzene rings is 1. The molecule has 3 aliphatic carbocycles. The first-order valence-corrected chi connectivity index (χ1v) is 12.6. The number of primary amides is 1. The second-order valence-electron chi connectivity index (χ2n) is 10.8. The minimum atomic E-state index is -2.82. The quantitative estimate of drug-likeness (QED) is 0.203. The predicted octanol–water partition coefficient (Wildman–Crippen LogP) is -0.332. The van der Waals surface area contributed by atoms with Gasteiger partial charge in [-0.1, -0.05) is 12.7 Å². The topological polar surface area (TPSA) is 197 Å². The average molecular weight is 557 g/mol. The molecular formula is C27H32N4O9. The van der Waals surface area contributed by atoms with E-state index in [0.29, 0.717) is 11.3 Å². The van der Waals surface area contributed by atoms with Crippen molar-refractivity contribution in [2.75, 3.05) is 45.0 Å². The Kier molecular flexibility index (Phi) is 7.32. The molecule has 13 heteroatoms. The van der Waals surface area contributed by atoms with Crippen LogP contribution in [0.3, 0.4) is 0 Å². The summed E-state index contributed by atoms with van der Waals surface area (Å²) in [4.78, 5) is 81.8. The van der Waals surface area contributed by atoms with Gasteiger partial charge in [-0.15, -0.1) is 0 Å². The molecule has 2 fully saturated rings. The number of ketones is 4. The van der Waals surface area contributed by atoms with Gasteiger partial charge in [-0.3, -0.25) is 34.2 Å². The molecule has 2 saturated carbocycles. The van der Waals surface area contributed by atoms with Gasteiger partial charge in [-0.25, -0.2) is 4.79 Å². The van der Waals surface area contributed by atoms with E-state index in [0.717, 1.165) is 0 Å². The number of carbonyl (C=O) groups is 6. The highest BCUT2D eigenvalue weighted by Crippen LogP contribution is 2.52. The molecule has 0 bridgehead atoms. The van der Waals surface area contributed by atoms with Crippen molar-refractivity contribution in [3.05, 3.63) is 29.8 Å². The summed E-state index contributed by atoms with van der Waals surface area (Å²) >= 11 is 0. The Bertz CT molecular complexity index is 1350. The maximum Gasteiger partial charge on any atom is 0.412 e. The summed E-state index contributed by atoms with van der Waals surface area (Å²) in [6.07, 6.45) is 0.452. The second-order valence-corrected chi connectivity index (χ2v) is 10.8. The molecule has 2 unspecified atom stereocenters. The molecule has 214 valence electrons. The number of amides is 2. The molecule has 6 atom stereocenters. The summed E-state index contributed by atoms with van der Waals surface area (Å²) in [6, 6.07) is 0.280. The molecule has 0 heterocycles. The number of aliphatic hydroxyl groups is 1. The number of phenolic OH excluding ortho intramolecular Hbond substituents is 1. The highest BCUT2D eigenvalue weighted by molar-refractivity contribution is 6.32. The molecule has 2 amide bonds. The largest absolute Gasteiger partial charge is 0.505 e. The van der Waals surface area contributed by atoms with Crippen LogP contribution < -0.4 is 16.0 Å². The van der Waals surface area contributed by atoms with Gasteiger partial charge in [0.15, 0.2) is 34.7 Å². The molecule has 5 N–H and O–H groups in total. The molecule has 0 radical (unpaired) electrons. The van der Waals surface area contributed by atoms with E-state index in [9.17, 15) is 39.0 Å². The lowest BCUT2D eigenvalue weighted by Gasteiger charge is -2.52. The van der Waals surface area contributed by atoms with Gasteiger partial charge in [0.2, 0.25) is 5.91 Å². The summed E-state index contributed by atoms with van der Waals surface area (Å²) in [5.74, 6) is -11.6. The van der Waals surface area contributed by atoms with E-state index in [1.807, 2.05) is 0 Å². The number of hydrogen-bond acceptors (Lipinski definition) is 11. The van der Waals surface area contributed by atoms with E-state index in [4.69, 9.17) is 10.5 Å². The zero-order chi connectivity index (χ0) is 29.8. The Morgan fingerprint density at radius 1 is 1.20 bits per heavy atom. The molecule has 0 saturated heterocycles. The predicted molar refractivity (Wildman–Crippen MR) is 141 cm³/mol. The monoisotopic (exact) mass is 556 g/mol. The van der Waals surface area contributed by atoms with E-state index in [-0.39, 0.29) is 30.7 Å². The van der Waals surface area contributed by atoms with Gasteiger partial charge in [0.1, 0.15) is 12.4 Å². The Morgan fingerprint density at radius 3 is 2.40 bits per heavy atom. The smallest absolute Gasteiger partial charge is 0.412 e. The minimum absolute atomic E-state index is 0.0641. The third kappa shape index (κ3) is 4.16. The average Bonchev–Trinajstić information content (AvgIpc) is 2.85. The maximum atomic E-state index is 13.9. The third-order valence-corrected chi connectivity index (χ3v) is 8.09. The molecule has 13 nitrogen and oxygen atoms in total. The number of Topliss-reactive ketones (excluding diaryl/α,β-unsaturated/α-hetero) is 4. The lowest BCUT2D eigenvalue weighted by molar-refractivity contribution is -0.181. The molecule has 1 aromatic rings. The van der Waals surface area contributed by atoms with Crippen LogP contribution in [-0.4, -0.2) is 96.7 Å². The van der Waals surface area contributed by atoms with Gasteiger partial charge >= 0.3 is 6.09 Å². The van der Waals surface area contributed by atoms with Gasteiger partial charge in [-0.2, -0.15) is 0 Å². The van der Waals surface area contributed by atoms with E-state index in [2.05, 4.69) is 11.9 Å². The van der Waals surface area contributed by atoms with Crippen LogP contribution in [0.5, 0.6) is 5.75 Å². The maximum absolute atomic E-state index is 13.9. The Morgan fingerprint density at radius 2 is 1.85 bits per heavy atom. The number of nitrogens with two attached hydrogens (primary N) is 1. The van der Waals surface area contributed by atoms with Crippen LogP contribution in [0.25, 0.3) is 0 Å². The Balaban J connectivity index is 1.85. The van der Waals surface area contributed by atoms with Crippen LogP contribution in [0, 0.1) is 23.7 Å². The lowest BCUT2D eigenvalue weighted by atomic mass is 9.52. The number of phenols is 1. The summed E-state index contributed by atoms with van der Waals surface area (Å²) < 4.78 is 4.90. The molecule has 3 aliphatic rings. The fourth-order valence-electron chi connectivity index (χ4n) is 6.43. The highest BCUT2D eigenvalue weighted by Gasteiger charge is 2.69. The van der Waals surface area contributed by atoms with Crippen LogP contribution in [-0.2, 0) is 30.3 Å². The van der Waals surface area contributed by atoms with E-state index < -0.39 is 76.2 Å². The number of aromatic hydroxyl groups is 1. The first kappa shape index (κ1) is 28.9. The van der Waals surface area contributed by atoms with Crippen molar-refractivity contribution in [1.29, 1.82) is 0 Å².